The molecular formula is C21H27N3O4. The highest BCUT2D eigenvalue weighted by Gasteiger charge is 2.31. The van der Waals surface area contributed by atoms with E-state index in [4.69, 9.17) is 9.47 Å². The summed E-state index contributed by atoms with van der Waals surface area (Å²) in [5, 5.41) is 0.974. The van der Waals surface area contributed by atoms with Gasteiger partial charge in [0.15, 0.2) is 0 Å². The van der Waals surface area contributed by atoms with Gasteiger partial charge in [0.2, 0.25) is 11.8 Å². The van der Waals surface area contributed by atoms with Gasteiger partial charge in [-0.15, -0.1) is 0 Å². The van der Waals surface area contributed by atoms with Crippen molar-refractivity contribution in [2.24, 2.45) is 5.92 Å². The highest BCUT2D eigenvalue weighted by atomic mass is 16.5. The van der Waals surface area contributed by atoms with Crippen LogP contribution in [0.3, 0.4) is 0 Å². The maximum absolute atomic E-state index is 13.0. The smallest absolute Gasteiger partial charge is 0.227 e. The second kappa shape index (κ2) is 9.01. The highest BCUT2D eigenvalue weighted by molar-refractivity contribution is 5.88. The fourth-order valence-corrected chi connectivity index (χ4v) is 3.69. The number of hydrogen-bond donors (Lipinski definition) is 0. The number of fused-ring (bicyclic) bond motifs is 1. The van der Waals surface area contributed by atoms with Crippen molar-refractivity contribution >= 4 is 22.7 Å². The summed E-state index contributed by atoms with van der Waals surface area (Å²) in [5.41, 5.74) is 1.81. The van der Waals surface area contributed by atoms with Gasteiger partial charge in [0, 0.05) is 51.8 Å². The molecule has 7 heteroatoms. The van der Waals surface area contributed by atoms with Gasteiger partial charge in [-0.3, -0.25) is 14.6 Å². The molecule has 1 aromatic heterocycles. The van der Waals surface area contributed by atoms with E-state index in [-0.39, 0.29) is 17.7 Å². The lowest BCUT2D eigenvalue weighted by Crippen LogP contribution is -2.47. The number of amides is 2. The number of methoxy groups -OCH3 is 2. The van der Waals surface area contributed by atoms with Crippen LogP contribution in [0.2, 0.25) is 0 Å². The number of carbonyl (C=O) groups excluding carboxylic acids is 2. The normalized spacial score (nSPS) is 17.0. The van der Waals surface area contributed by atoms with Gasteiger partial charge in [-0.2, -0.15) is 0 Å². The average molecular weight is 385 g/mol. The zero-order valence-electron chi connectivity index (χ0n) is 16.7. The summed E-state index contributed by atoms with van der Waals surface area (Å²) in [6.07, 6.45) is 2.73. The Morgan fingerprint density at radius 2 is 2.14 bits per heavy atom. The summed E-state index contributed by atoms with van der Waals surface area (Å²) in [7, 11) is 5.04. The van der Waals surface area contributed by atoms with Crippen LogP contribution in [0.5, 0.6) is 5.75 Å². The third-order valence-corrected chi connectivity index (χ3v) is 5.24. The van der Waals surface area contributed by atoms with Crippen molar-refractivity contribution in [2.75, 3.05) is 41.0 Å². The molecule has 1 saturated heterocycles. The van der Waals surface area contributed by atoms with E-state index in [0.29, 0.717) is 44.8 Å². The molecule has 1 aromatic carbocycles. The van der Waals surface area contributed by atoms with Gasteiger partial charge in [-0.05, 0) is 24.1 Å². The fourth-order valence-electron chi connectivity index (χ4n) is 3.69. The first-order valence-corrected chi connectivity index (χ1v) is 9.47. The van der Waals surface area contributed by atoms with Gasteiger partial charge in [0.1, 0.15) is 11.3 Å². The van der Waals surface area contributed by atoms with Crippen LogP contribution < -0.4 is 4.74 Å². The Balaban J connectivity index is 1.72. The molecule has 28 heavy (non-hydrogen) atoms. The van der Waals surface area contributed by atoms with Crippen molar-refractivity contribution < 1.29 is 19.1 Å². The van der Waals surface area contributed by atoms with Gasteiger partial charge in [0.25, 0.3) is 0 Å². The van der Waals surface area contributed by atoms with Gasteiger partial charge in [-0.1, -0.05) is 12.1 Å². The van der Waals surface area contributed by atoms with Crippen LogP contribution in [-0.2, 0) is 20.9 Å². The lowest BCUT2D eigenvalue weighted by Gasteiger charge is -2.33. The Bertz CT molecular complexity index is 855. The quantitative estimate of drug-likeness (QED) is 0.730. The van der Waals surface area contributed by atoms with E-state index in [1.807, 2.05) is 31.3 Å². The molecule has 150 valence electrons. The molecular weight excluding hydrogens is 358 g/mol. The van der Waals surface area contributed by atoms with Crippen molar-refractivity contribution in [2.45, 2.75) is 19.4 Å². The van der Waals surface area contributed by atoms with E-state index in [1.165, 1.54) is 0 Å². The molecule has 0 N–H and O–H groups in total. The number of rotatable bonds is 7. The van der Waals surface area contributed by atoms with Crippen LogP contribution in [0.15, 0.2) is 30.5 Å². The van der Waals surface area contributed by atoms with E-state index in [2.05, 4.69) is 4.98 Å². The predicted molar refractivity (Wildman–Crippen MR) is 106 cm³/mol. The molecule has 0 spiro atoms. The van der Waals surface area contributed by atoms with Crippen LogP contribution >= 0.6 is 0 Å². The fraction of sp³-hybridized carbons (Fsp3) is 0.476. The third kappa shape index (κ3) is 4.25. The number of aromatic nitrogens is 1. The van der Waals surface area contributed by atoms with Crippen LogP contribution in [-0.4, -0.2) is 67.6 Å². The second-order valence-corrected chi connectivity index (χ2v) is 7.09. The molecule has 1 aliphatic heterocycles. The lowest BCUT2D eigenvalue weighted by molar-refractivity contribution is -0.143. The summed E-state index contributed by atoms with van der Waals surface area (Å²) in [5.74, 6) is 0.689. The molecule has 1 atom stereocenters. The van der Waals surface area contributed by atoms with Crippen LogP contribution in [0.25, 0.3) is 10.9 Å². The Hall–Kier alpha value is -2.67. The Morgan fingerprint density at radius 3 is 2.89 bits per heavy atom. The molecule has 2 amide bonds. The summed E-state index contributed by atoms with van der Waals surface area (Å²) >= 11 is 0. The number of hydrogen-bond acceptors (Lipinski definition) is 5. The second-order valence-electron chi connectivity index (χ2n) is 7.09. The average Bonchev–Trinajstić information content (AvgIpc) is 2.72. The van der Waals surface area contributed by atoms with E-state index in [0.717, 1.165) is 16.5 Å². The van der Waals surface area contributed by atoms with Crippen molar-refractivity contribution in [1.29, 1.82) is 0 Å². The number of pyridine rings is 1. The summed E-state index contributed by atoms with van der Waals surface area (Å²) in [6.45, 7) is 1.94. The molecule has 0 bridgehead atoms. The molecule has 0 unspecified atom stereocenters. The number of nitrogens with zero attached hydrogens (tertiary/aromatic N) is 3. The molecule has 0 aliphatic carbocycles. The van der Waals surface area contributed by atoms with Crippen LogP contribution in [0.1, 0.15) is 18.4 Å². The SMILES string of the molecule is COCCN1C[C@H](C(=O)N(C)Cc2ccc(OC)c3ncccc23)CCC1=O. The minimum Gasteiger partial charge on any atom is -0.494 e. The van der Waals surface area contributed by atoms with Crippen molar-refractivity contribution in [3.05, 3.63) is 36.0 Å². The molecule has 0 radical (unpaired) electrons. The Kier molecular flexibility index (Phi) is 6.46. The van der Waals surface area contributed by atoms with Gasteiger partial charge in [-0.25, -0.2) is 0 Å². The number of carbonyl (C=O) groups is 2. The van der Waals surface area contributed by atoms with Crippen LogP contribution in [0, 0.1) is 5.92 Å². The van der Waals surface area contributed by atoms with E-state index >= 15 is 0 Å². The minimum atomic E-state index is -0.179. The molecule has 2 aromatic rings. The summed E-state index contributed by atoms with van der Waals surface area (Å²) in [6, 6.07) is 7.73. The van der Waals surface area contributed by atoms with Crippen molar-refractivity contribution in [3.63, 3.8) is 0 Å². The van der Waals surface area contributed by atoms with Gasteiger partial charge in [0.05, 0.1) is 19.6 Å². The maximum atomic E-state index is 13.0. The standard InChI is InChI=1S/C21H27N3O4/c1-23(21(26)16-7-9-19(25)24(14-16)11-12-27-2)13-15-6-8-18(28-3)20-17(15)5-4-10-22-20/h4-6,8,10,16H,7,9,11-14H2,1-3H3/t16-/m1/s1. The van der Waals surface area contributed by atoms with Gasteiger partial charge >= 0.3 is 0 Å². The lowest BCUT2D eigenvalue weighted by atomic mass is 9.95. The number of likely N-dealkylation sites (tertiary alicyclic amines) is 1. The zero-order valence-corrected chi connectivity index (χ0v) is 16.7. The first-order valence-electron chi connectivity index (χ1n) is 9.47. The molecule has 1 fully saturated rings. The minimum absolute atomic E-state index is 0.0581. The van der Waals surface area contributed by atoms with Crippen molar-refractivity contribution in [3.8, 4) is 5.75 Å². The number of benzene rings is 1. The molecule has 0 saturated carbocycles. The summed E-state index contributed by atoms with van der Waals surface area (Å²) in [4.78, 5) is 33.0. The molecule has 1 aliphatic rings. The predicted octanol–water partition coefficient (Wildman–Crippen LogP) is 2.09. The molecule has 3 rings (SSSR count). The third-order valence-electron chi connectivity index (χ3n) is 5.24. The number of ether oxygens (including phenoxy) is 2. The monoisotopic (exact) mass is 385 g/mol. The molecule has 7 nitrogen and oxygen atoms in total. The zero-order chi connectivity index (χ0) is 20.1. The van der Waals surface area contributed by atoms with E-state index < -0.39 is 0 Å². The van der Waals surface area contributed by atoms with Crippen molar-refractivity contribution in [1.82, 2.24) is 14.8 Å². The van der Waals surface area contributed by atoms with Crippen LogP contribution in [0.4, 0.5) is 0 Å². The molecule has 2 heterocycles. The number of piperidine rings is 1. The van der Waals surface area contributed by atoms with E-state index in [9.17, 15) is 9.59 Å². The highest BCUT2D eigenvalue weighted by Crippen LogP contribution is 2.28. The summed E-state index contributed by atoms with van der Waals surface area (Å²) < 4.78 is 10.5. The first-order chi connectivity index (χ1) is 13.5. The largest absolute Gasteiger partial charge is 0.494 e. The first kappa shape index (κ1) is 20.1. The maximum Gasteiger partial charge on any atom is 0.227 e. The Labute approximate surface area is 165 Å². The van der Waals surface area contributed by atoms with Gasteiger partial charge < -0.3 is 19.3 Å². The van der Waals surface area contributed by atoms with E-state index in [1.54, 1.807) is 30.2 Å². The topological polar surface area (TPSA) is 72.0 Å². The Morgan fingerprint density at radius 1 is 1.32 bits per heavy atom.